The Bertz CT molecular complexity index is 491. The molecule has 3 rings (SSSR count). The van der Waals surface area contributed by atoms with Gasteiger partial charge in [0.15, 0.2) is 5.82 Å². The molecule has 0 atom stereocenters. The molecule has 5 nitrogen and oxygen atoms in total. The van der Waals surface area contributed by atoms with Crippen molar-refractivity contribution in [2.45, 2.75) is 0 Å². The van der Waals surface area contributed by atoms with Gasteiger partial charge >= 0.3 is 0 Å². The Morgan fingerprint density at radius 1 is 1.00 bits per heavy atom. The van der Waals surface area contributed by atoms with Crippen LogP contribution in [0.3, 0.4) is 0 Å². The van der Waals surface area contributed by atoms with Crippen LogP contribution in [0.5, 0.6) is 0 Å². The number of anilines is 1. The largest absolute Gasteiger partial charge is 0.369 e. The van der Waals surface area contributed by atoms with Crippen molar-refractivity contribution in [2.24, 2.45) is 0 Å². The average Bonchev–Trinajstić information content (AvgIpc) is 2.49. The van der Waals surface area contributed by atoms with Crippen LogP contribution >= 0.6 is 0 Å². The molecule has 0 spiro atoms. The van der Waals surface area contributed by atoms with Crippen LogP contribution in [0.2, 0.25) is 0 Å². The van der Waals surface area contributed by atoms with Crippen LogP contribution in [0.25, 0.3) is 11.4 Å². The first kappa shape index (κ1) is 11.1. The van der Waals surface area contributed by atoms with E-state index in [-0.39, 0.29) is 0 Å². The van der Waals surface area contributed by atoms with Crippen LogP contribution in [0.1, 0.15) is 0 Å². The minimum atomic E-state index is 0.671. The zero-order chi connectivity index (χ0) is 12.2. The van der Waals surface area contributed by atoms with Crippen molar-refractivity contribution >= 4 is 5.69 Å². The molecule has 18 heavy (non-hydrogen) atoms. The predicted octanol–water partition coefficient (Wildman–Crippen LogP) is 0.948. The minimum absolute atomic E-state index is 0.671. The third-order valence-electron chi connectivity index (χ3n) is 3.09. The fourth-order valence-electron chi connectivity index (χ4n) is 2.12. The molecule has 1 aromatic heterocycles. The number of nitrogens with zero attached hydrogens (tertiary/aromatic N) is 4. The van der Waals surface area contributed by atoms with Crippen LogP contribution < -0.4 is 10.2 Å². The van der Waals surface area contributed by atoms with E-state index >= 15 is 0 Å². The van der Waals surface area contributed by atoms with E-state index in [1.807, 2.05) is 12.1 Å². The molecule has 1 aliphatic heterocycles. The van der Waals surface area contributed by atoms with Crippen molar-refractivity contribution < 1.29 is 0 Å². The van der Waals surface area contributed by atoms with Gasteiger partial charge in [0.05, 0.1) is 6.20 Å². The molecule has 1 aromatic carbocycles. The third-order valence-corrected chi connectivity index (χ3v) is 3.09. The molecule has 0 radical (unpaired) electrons. The summed E-state index contributed by atoms with van der Waals surface area (Å²) in [5.41, 5.74) is 2.26. The average molecular weight is 241 g/mol. The lowest BCUT2D eigenvalue weighted by molar-refractivity contribution is 0.589. The molecule has 1 N–H and O–H groups in total. The molecule has 0 unspecified atom stereocenters. The Morgan fingerprint density at radius 3 is 2.44 bits per heavy atom. The van der Waals surface area contributed by atoms with Gasteiger partial charge in [-0.25, -0.2) is 4.98 Å². The van der Waals surface area contributed by atoms with E-state index in [0.29, 0.717) is 5.82 Å². The molecule has 5 heteroatoms. The highest BCUT2D eigenvalue weighted by Crippen LogP contribution is 2.20. The van der Waals surface area contributed by atoms with E-state index in [1.165, 1.54) is 5.69 Å². The van der Waals surface area contributed by atoms with Gasteiger partial charge in [-0.15, -0.1) is 5.10 Å². The van der Waals surface area contributed by atoms with Crippen LogP contribution in [0, 0.1) is 0 Å². The van der Waals surface area contributed by atoms with E-state index in [4.69, 9.17) is 0 Å². The quantitative estimate of drug-likeness (QED) is 0.848. The van der Waals surface area contributed by atoms with E-state index in [9.17, 15) is 0 Å². The maximum absolute atomic E-state index is 4.19. The van der Waals surface area contributed by atoms with Crippen LogP contribution in [0.4, 0.5) is 5.69 Å². The molecule has 1 fully saturated rings. The molecule has 0 amide bonds. The molecular weight excluding hydrogens is 226 g/mol. The predicted molar refractivity (Wildman–Crippen MR) is 70.3 cm³/mol. The summed E-state index contributed by atoms with van der Waals surface area (Å²) in [4.78, 5) is 6.57. The summed E-state index contributed by atoms with van der Waals surface area (Å²) in [6, 6.07) is 8.34. The Kier molecular flexibility index (Phi) is 3.14. The number of rotatable bonds is 2. The molecule has 1 saturated heterocycles. The van der Waals surface area contributed by atoms with Gasteiger partial charge in [-0.05, 0) is 24.3 Å². The van der Waals surface area contributed by atoms with E-state index < -0.39 is 0 Å². The number of piperazine rings is 1. The molecule has 2 aromatic rings. The summed E-state index contributed by atoms with van der Waals surface area (Å²) in [5.74, 6) is 0.671. The molecular formula is C13H15N5. The smallest absolute Gasteiger partial charge is 0.181 e. The van der Waals surface area contributed by atoms with Crippen molar-refractivity contribution in [1.82, 2.24) is 20.5 Å². The summed E-state index contributed by atoms with van der Waals surface area (Å²) in [5, 5.41) is 11.2. The second-order valence-electron chi connectivity index (χ2n) is 4.25. The monoisotopic (exact) mass is 241 g/mol. The second-order valence-corrected chi connectivity index (χ2v) is 4.25. The van der Waals surface area contributed by atoms with Crippen molar-refractivity contribution in [3.63, 3.8) is 0 Å². The number of nitrogens with one attached hydrogen (secondary N) is 1. The topological polar surface area (TPSA) is 53.9 Å². The first-order chi connectivity index (χ1) is 8.93. The summed E-state index contributed by atoms with van der Waals surface area (Å²) in [7, 11) is 0. The van der Waals surface area contributed by atoms with E-state index in [2.05, 4.69) is 37.5 Å². The molecule has 0 bridgehead atoms. The van der Waals surface area contributed by atoms with Gasteiger partial charge in [-0.2, -0.15) is 5.10 Å². The zero-order valence-corrected chi connectivity index (χ0v) is 10.1. The molecule has 0 aliphatic carbocycles. The summed E-state index contributed by atoms with van der Waals surface area (Å²) >= 11 is 0. The Hall–Kier alpha value is -2.01. The number of hydrogen-bond acceptors (Lipinski definition) is 5. The summed E-state index contributed by atoms with van der Waals surface area (Å²) < 4.78 is 0. The van der Waals surface area contributed by atoms with Crippen molar-refractivity contribution in [3.05, 3.63) is 36.7 Å². The second kappa shape index (κ2) is 5.10. The third kappa shape index (κ3) is 2.31. The van der Waals surface area contributed by atoms with Gasteiger partial charge in [0, 0.05) is 43.6 Å². The normalized spacial score (nSPS) is 15.7. The Balaban J connectivity index is 1.80. The van der Waals surface area contributed by atoms with Gasteiger partial charge in [0.2, 0.25) is 0 Å². The van der Waals surface area contributed by atoms with Gasteiger partial charge in [-0.3, -0.25) is 0 Å². The highest BCUT2D eigenvalue weighted by Gasteiger charge is 2.10. The molecule has 1 aliphatic rings. The Morgan fingerprint density at radius 2 is 1.78 bits per heavy atom. The van der Waals surface area contributed by atoms with E-state index in [0.717, 1.165) is 31.7 Å². The fourth-order valence-corrected chi connectivity index (χ4v) is 2.12. The number of benzene rings is 1. The fraction of sp³-hybridized carbons (Fsp3) is 0.308. The maximum atomic E-state index is 4.19. The lowest BCUT2D eigenvalue weighted by atomic mass is 10.1. The highest BCUT2D eigenvalue weighted by molar-refractivity contribution is 5.60. The summed E-state index contributed by atoms with van der Waals surface area (Å²) in [6.07, 6.45) is 3.24. The maximum Gasteiger partial charge on any atom is 0.181 e. The van der Waals surface area contributed by atoms with Gasteiger partial charge in [0.25, 0.3) is 0 Å². The first-order valence-corrected chi connectivity index (χ1v) is 6.13. The first-order valence-electron chi connectivity index (χ1n) is 6.13. The highest BCUT2D eigenvalue weighted by atomic mass is 15.2. The van der Waals surface area contributed by atoms with Gasteiger partial charge in [0.1, 0.15) is 0 Å². The minimum Gasteiger partial charge on any atom is -0.369 e. The SMILES string of the molecule is c1cnc(-c2ccc(N3CCNCC3)cc2)nn1. The molecule has 2 heterocycles. The zero-order valence-electron chi connectivity index (χ0n) is 10.1. The van der Waals surface area contributed by atoms with Crippen LogP contribution in [-0.2, 0) is 0 Å². The van der Waals surface area contributed by atoms with Crippen molar-refractivity contribution in [2.75, 3.05) is 31.1 Å². The summed E-state index contributed by atoms with van der Waals surface area (Å²) in [6.45, 7) is 4.21. The lowest BCUT2D eigenvalue weighted by Gasteiger charge is -2.29. The van der Waals surface area contributed by atoms with E-state index in [1.54, 1.807) is 12.4 Å². The Labute approximate surface area is 106 Å². The van der Waals surface area contributed by atoms with Crippen LogP contribution in [0.15, 0.2) is 36.7 Å². The number of aromatic nitrogens is 3. The van der Waals surface area contributed by atoms with Gasteiger partial charge < -0.3 is 10.2 Å². The number of hydrogen-bond donors (Lipinski definition) is 1. The lowest BCUT2D eigenvalue weighted by Crippen LogP contribution is -2.43. The molecule has 0 saturated carbocycles. The van der Waals surface area contributed by atoms with Crippen molar-refractivity contribution in [3.8, 4) is 11.4 Å². The van der Waals surface area contributed by atoms with Crippen molar-refractivity contribution in [1.29, 1.82) is 0 Å². The van der Waals surface area contributed by atoms with Crippen LogP contribution in [-0.4, -0.2) is 41.4 Å². The van der Waals surface area contributed by atoms with Gasteiger partial charge in [-0.1, -0.05) is 0 Å². The standard InChI is InChI=1S/C13H15N5/c1-3-12(18-9-7-14-8-10-18)4-2-11(1)13-15-5-6-16-17-13/h1-6,14H,7-10H2. The molecule has 92 valence electrons.